The summed E-state index contributed by atoms with van der Waals surface area (Å²) in [7, 11) is 0. The second-order valence-electron chi connectivity index (χ2n) is 6.39. The number of nitrogens with zero attached hydrogens (tertiary/aromatic N) is 1. The minimum atomic E-state index is -1.25. The topological polar surface area (TPSA) is 67.9 Å². The Balaban J connectivity index is 1.65. The van der Waals surface area contributed by atoms with Gasteiger partial charge in [0.1, 0.15) is 23.6 Å². The summed E-state index contributed by atoms with van der Waals surface area (Å²) >= 11 is 12.2. The average Bonchev–Trinajstić information content (AvgIpc) is 2.87. The number of amides is 3. The van der Waals surface area contributed by atoms with Crippen LogP contribution in [0.25, 0.3) is 0 Å². The molecule has 2 aromatic carbocycles. The van der Waals surface area contributed by atoms with Crippen molar-refractivity contribution in [3.05, 3.63) is 58.1 Å². The van der Waals surface area contributed by atoms with E-state index in [0.29, 0.717) is 28.0 Å². The third-order valence-electron chi connectivity index (χ3n) is 4.46. The quantitative estimate of drug-likeness (QED) is 0.677. The van der Waals surface area contributed by atoms with Crippen LogP contribution in [0.15, 0.2) is 42.5 Å². The summed E-state index contributed by atoms with van der Waals surface area (Å²) in [6.07, 6.45) is 0. The number of carbonyl (C=O) groups excluding carboxylic acids is 2. The number of ether oxygens (including phenoxy) is 2. The summed E-state index contributed by atoms with van der Waals surface area (Å²) in [6.45, 7) is 4.39. The lowest BCUT2D eigenvalue weighted by Crippen LogP contribution is -2.41. The monoisotopic (exact) mass is 422 g/mol. The van der Waals surface area contributed by atoms with Crippen molar-refractivity contribution >= 4 is 35.1 Å². The van der Waals surface area contributed by atoms with Gasteiger partial charge in [0, 0.05) is 15.6 Å². The van der Waals surface area contributed by atoms with E-state index in [2.05, 4.69) is 5.32 Å². The predicted molar refractivity (Wildman–Crippen MR) is 107 cm³/mol. The van der Waals surface area contributed by atoms with Gasteiger partial charge in [-0.2, -0.15) is 0 Å². The highest BCUT2D eigenvalue weighted by molar-refractivity contribution is 6.35. The van der Waals surface area contributed by atoms with Gasteiger partial charge >= 0.3 is 6.03 Å². The molecule has 1 aliphatic heterocycles. The summed E-state index contributed by atoms with van der Waals surface area (Å²) in [5, 5.41) is 3.48. The third kappa shape index (κ3) is 4.03. The van der Waals surface area contributed by atoms with E-state index in [9.17, 15) is 9.59 Å². The van der Waals surface area contributed by atoms with Crippen LogP contribution in [0.5, 0.6) is 11.5 Å². The van der Waals surface area contributed by atoms with Gasteiger partial charge < -0.3 is 14.8 Å². The Labute approximate surface area is 173 Å². The zero-order valence-corrected chi connectivity index (χ0v) is 17.0. The van der Waals surface area contributed by atoms with Crippen LogP contribution in [0.4, 0.5) is 4.79 Å². The normalized spacial score (nSPS) is 18.9. The third-order valence-corrected chi connectivity index (χ3v) is 5.01. The molecule has 0 aromatic heterocycles. The van der Waals surface area contributed by atoms with Crippen molar-refractivity contribution in [2.75, 3.05) is 19.8 Å². The number of hydrogen-bond acceptors (Lipinski definition) is 4. The molecule has 1 atom stereocenters. The summed E-state index contributed by atoms with van der Waals surface area (Å²) in [4.78, 5) is 26.4. The molecular formula is C20H20Cl2N2O4. The van der Waals surface area contributed by atoms with E-state index >= 15 is 0 Å². The molecule has 0 unspecified atom stereocenters. The highest BCUT2D eigenvalue weighted by atomic mass is 35.5. The minimum Gasteiger partial charge on any atom is -0.494 e. The number of carbonyl (C=O) groups is 2. The van der Waals surface area contributed by atoms with E-state index in [4.69, 9.17) is 32.7 Å². The first kappa shape index (κ1) is 20.3. The van der Waals surface area contributed by atoms with Crippen molar-refractivity contribution < 1.29 is 19.1 Å². The molecule has 148 valence electrons. The van der Waals surface area contributed by atoms with E-state index in [-0.39, 0.29) is 13.2 Å². The lowest BCUT2D eigenvalue weighted by atomic mass is 9.92. The molecule has 0 radical (unpaired) electrons. The molecule has 0 spiro atoms. The van der Waals surface area contributed by atoms with Crippen molar-refractivity contribution in [1.29, 1.82) is 0 Å². The molecule has 3 amide bonds. The van der Waals surface area contributed by atoms with Gasteiger partial charge in [0.05, 0.1) is 13.2 Å². The first-order valence-electron chi connectivity index (χ1n) is 8.80. The van der Waals surface area contributed by atoms with Crippen LogP contribution < -0.4 is 14.8 Å². The number of hydrogen-bond donors (Lipinski definition) is 1. The van der Waals surface area contributed by atoms with Crippen LogP contribution >= 0.6 is 23.2 Å². The first-order chi connectivity index (χ1) is 13.3. The molecule has 6 nitrogen and oxygen atoms in total. The molecular weight excluding hydrogens is 403 g/mol. The van der Waals surface area contributed by atoms with Gasteiger partial charge in [-0.3, -0.25) is 9.69 Å². The summed E-state index contributed by atoms with van der Waals surface area (Å²) < 4.78 is 11.0. The zero-order valence-electron chi connectivity index (χ0n) is 15.5. The van der Waals surface area contributed by atoms with E-state index in [1.54, 1.807) is 49.4 Å². The molecule has 1 N–H and O–H groups in total. The van der Waals surface area contributed by atoms with E-state index in [1.807, 2.05) is 6.92 Å². The second kappa shape index (κ2) is 8.29. The Morgan fingerprint density at radius 3 is 2.29 bits per heavy atom. The summed E-state index contributed by atoms with van der Waals surface area (Å²) in [6, 6.07) is 11.5. The van der Waals surface area contributed by atoms with Gasteiger partial charge in [0.2, 0.25) is 0 Å². The Hall–Kier alpha value is -2.44. The minimum absolute atomic E-state index is 0.110. The van der Waals surface area contributed by atoms with Crippen LogP contribution in [0, 0.1) is 0 Å². The van der Waals surface area contributed by atoms with Gasteiger partial charge in [-0.05, 0) is 50.2 Å². The number of nitrogens with one attached hydrogen (secondary N) is 1. The number of halogens is 2. The molecule has 1 fully saturated rings. The van der Waals surface area contributed by atoms with Gasteiger partial charge in [0.25, 0.3) is 5.91 Å². The maximum absolute atomic E-state index is 12.9. The maximum atomic E-state index is 12.9. The molecule has 1 aliphatic rings. The van der Waals surface area contributed by atoms with Crippen LogP contribution in [-0.2, 0) is 10.3 Å². The fraction of sp³-hybridized carbons (Fsp3) is 0.300. The standard InChI is InChI=1S/C20H20Cl2N2O4/c1-3-27-14-5-7-15(8-6-14)28-11-10-24-18(25)20(2,23-19(24)26)16-9-4-13(21)12-17(16)22/h4-9,12H,3,10-11H2,1-2H3,(H,23,26)/t20-/m0/s1. The van der Waals surface area contributed by atoms with Crippen molar-refractivity contribution in [3.63, 3.8) is 0 Å². The number of benzene rings is 2. The number of urea groups is 1. The van der Waals surface area contributed by atoms with Crippen molar-refractivity contribution in [3.8, 4) is 11.5 Å². The SMILES string of the molecule is CCOc1ccc(OCCN2C(=O)N[C@@](C)(c3ccc(Cl)cc3Cl)C2=O)cc1. The largest absolute Gasteiger partial charge is 0.494 e. The highest BCUT2D eigenvalue weighted by Crippen LogP contribution is 2.34. The smallest absolute Gasteiger partial charge is 0.325 e. The van der Waals surface area contributed by atoms with Gasteiger partial charge in [-0.25, -0.2) is 4.79 Å². The van der Waals surface area contributed by atoms with Crippen LogP contribution in [0.2, 0.25) is 10.0 Å². The predicted octanol–water partition coefficient (Wildman–Crippen LogP) is 4.24. The van der Waals surface area contributed by atoms with Gasteiger partial charge in [-0.15, -0.1) is 0 Å². The first-order valence-corrected chi connectivity index (χ1v) is 9.56. The Morgan fingerprint density at radius 1 is 1.04 bits per heavy atom. The van der Waals surface area contributed by atoms with Crippen LogP contribution in [0.3, 0.4) is 0 Å². The Kier molecular flexibility index (Phi) is 6.01. The molecule has 1 heterocycles. The zero-order chi connectivity index (χ0) is 20.3. The van der Waals surface area contributed by atoms with Gasteiger partial charge in [0.15, 0.2) is 0 Å². The lowest BCUT2D eigenvalue weighted by Gasteiger charge is -2.23. The van der Waals surface area contributed by atoms with Crippen LogP contribution in [-0.4, -0.2) is 36.6 Å². The molecule has 2 aromatic rings. The van der Waals surface area contributed by atoms with Crippen molar-refractivity contribution in [1.82, 2.24) is 10.2 Å². The average molecular weight is 423 g/mol. The number of imide groups is 1. The second-order valence-corrected chi connectivity index (χ2v) is 7.23. The van der Waals surface area contributed by atoms with E-state index < -0.39 is 17.5 Å². The molecule has 0 aliphatic carbocycles. The fourth-order valence-electron chi connectivity index (χ4n) is 3.03. The van der Waals surface area contributed by atoms with E-state index in [0.717, 1.165) is 10.6 Å². The molecule has 0 saturated carbocycles. The number of rotatable bonds is 7. The Bertz CT molecular complexity index is 888. The van der Waals surface area contributed by atoms with Crippen LogP contribution in [0.1, 0.15) is 19.4 Å². The fourth-order valence-corrected chi connectivity index (χ4v) is 3.63. The molecule has 28 heavy (non-hydrogen) atoms. The lowest BCUT2D eigenvalue weighted by molar-refractivity contribution is -0.131. The maximum Gasteiger partial charge on any atom is 0.325 e. The molecule has 3 rings (SSSR count). The van der Waals surface area contributed by atoms with E-state index in [1.165, 1.54) is 0 Å². The molecule has 0 bridgehead atoms. The molecule has 1 saturated heterocycles. The van der Waals surface area contributed by atoms with Gasteiger partial charge in [-0.1, -0.05) is 29.3 Å². The highest BCUT2D eigenvalue weighted by Gasteiger charge is 2.49. The molecule has 8 heteroatoms. The van der Waals surface area contributed by atoms with Crippen molar-refractivity contribution in [2.45, 2.75) is 19.4 Å². The Morgan fingerprint density at radius 2 is 1.68 bits per heavy atom. The van der Waals surface area contributed by atoms with Crippen molar-refractivity contribution in [2.24, 2.45) is 0 Å². The summed E-state index contributed by atoms with van der Waals surface area (Å²) in [5.74, 6) is 0.982. The summed E-state index contributed by atoms with van der Waals surface area (Å²) in [5.41, 5.74) is -0.760.